The molecule has 0 radical (unpaired) electrons. The van der Waals surface area contributed by atoms with Crippen molar-refractivity contribution in [1.82, 2.24) is 14.5 Å². The number of aromatic nitrogens is 3. The van der Waals surface area contributed by atoms with Gasteiger partial charge in [0.05, 0.1) is 28.7 Å². The number of rotatable bonds is 2. The molecule has 0 saturated heterocycles. The largest absolute Gasteiger partial charge is 0.377 e. The minimum absolute atomic E-state index is 0.0325. The first kappa shape index (κ1) is 16.0. The van der Waals surface area contributed by atoms with Gasteiger partial charge in [-0.25, -0.2) is 9.97 Å². The average Bonchev–Trinajstić information content (AvgIpc) is 3.21. The molecule has 3 aromatic heterocycles. The number of carbonyl (C=O) groups is 1. The summed E-state index contributed by atoms with van der Waals surface area (Å²) in [5.74, 6) is -0.0325. The van der Waals surface area contributed by atoms with Gasteiger partial charge in [0.1, 0.15) is 15.9 Å². The molecule has 1 aromatic carbocycles. The average molecular weight is 377 g/mol. The fraction of sp³-hybridized carbons (Fsp3) is 0.158. The molecule has 1 amide bonds. The van der Waals surface area contributed by atoms with Crippen LogP contribution in [0.4, 0.5) is 11.4 Å². The highest BCUT2D eigenvalue weighted by Gasteiger charge is 2.20. The molecule has 0 aliphatic carbocycles. The third kappa shape index (κ3) is 2.33. The number of fused-ring (bicyclic) bond motifs is 4. The zero-order valence-electron chi connectivity index (χ0n) is 14.7. The molecule has 0 fully saturated rings. The molecule has 8 heteroatoms. The van der Waals surface area contributed by atoms with E-state index in [1.165, 1.54) is 15.9 Å². The number of anilines is 2. The monoisotopic (exact) mass is 377 g/mol. The summed E-state index contributed by atoms with van der Waals surface area (Å²) in [4.78, 5) is 36.5. The number of amides is 1. The molecule has 27 heavy (non-hydrogen) atoms. The van der Waals surface area contributed by atoms with Crippen LogP contribution < -0.4 is 15.8 Å². The molecule has 4 aromatic rings. The fourth-order valence-electron chi connectivity index (χ4n) is 3.46. The van der Waals surface area contributed by atoms with Gasteiger partial charge in [0.15, 0.2) is 0 Å². The molecule has 0 atom stereocenters. The highest BCUT2D eigenvalue weighted by atomic mass is 32.1. The van der Waals surface area contributed by atoms with Crippen molar-refractivity contribution in [3.05, 3.63) is 52.7 Å². The number of benzene rings is 1. The predicted octanol–water partition coefficient (Wildman–Crippen LogP) is 2.56. The number of nitrogens with zero attached hydrogens (tertiary/aromatic N) is 4. The lowest BCUT2D eigenvalue weighted by atomic mass is 10.1. The second kappa shape index (κ2) is 5.62. The Bertz CT molecular complexity index is 1300. The van der Waals surface area contributed by atoms with E-state index in [9.17, 15) is 9.59 Å². The van der Waals surface area contributed by atoms with E-state index in [4.69, 9.17) is 0 Å². The number of carbonyl (C=O) groups excluding carboxylic acids is 1. The normalized spacial score (nSPS) is 13.2. The summed E-state index contributed by atoms with van der Waals surface area (Å²) in [6.45, 7) is 0. The smallest absolute Gasteiger partial charge is 0.275 e. The molecule has 0 bridgehead atoms. The first-order chi connectivity index (χ1) is 13.0. The molecule has 5 rings (SSSR count). The van der Waals surface area contributed by atoms with Crippen LogP contribution in [-0.2, 0) is 11.2 Å². The van der Waals surface area contributed by atoms with Gasteiger partial charge < -0.3 is 10.2 Å². The summed E-state index contributed by atoms with van der Waals surface area (Å²) in [5.41, 5.74) is 3.90. The van der Waals surface area contributed by atoms with Gasteiger partial charge in [-0.3, -0.25) is 14.2 Å². The van der Waals surface area contributed by atoms with Crippen molar-refractivity contribution >= 4 is 49.1 Å². The molecule has 1 aliphatic rings. The maximum atomic E-state index is 13.2. The number of pyridine rings is 1. The number of thiophene rings is 1. The van der Waals surface area contributed by atoms with Gasteiger partial charge in [0.2, 0.25) is 5.91 Å². The van der Waals surface area contributed by atoms with E-state index in [0.29, 0.717) is 22.3 Å². The quantitative estimate of drug-likeness (QED) is 0.581. The Balaban J connectivity index is 1.75. The number of hydrogen-bond donors (Lipinski definition) is 1. The van der Waals surface area contributed by atoms with Crippen LogP contribution in [0.25, 0.3) is 26.1 Å². The van der Waals surface area contributed by atoms with Crippen LogP contribution in [0.15, 0.2) is 41.6 Å². The van der Waals surface area contributed by atoms with E-state index >= 15 is 0 Å². The van der Waals surface area contributed by atoms with Crippen molar-refractivity contribution in [3.63, 3.8) is 0 Å². The summed E-state index contributed by atoms with van der Waals surface area (Å²) in [6, 6.07) is 7.42. The molecule has 134 valence electrons. The van der Waals surface area contributed by atoms with Crippen LogP contribution in [0.3, 0.4) is 0 Å². The van der Waals surface area contributed by atoms with E-state index in [-0.39, 0.29) is 11.5 Å². The van der Waals surface area contributed by atoms with Crippen LogP contribution in [0.5, 0.6) is 0 Å². The Morgan fingerprint density at radius 1 is 1.19 bits per heavy atom. The molecule has 0 saturated carbocycles. The van der Waals surface area contributed by atoms with Crippen molar-refractivity contribution in [2.24, 2.45) is 0 Å². The Labute approximate surface area is 157 Å². The van der Waals surface area contributed by atoms with E-state index in [0.717, 1.165) is 27.2 Å². The van der Waals surface area contributed by atoms with Crippen molar-refractivity contribution in [2.75, 3.05) is 24.3 Å². The fourth-order valence-corrected chi connectivity index (χ4v) is 4.51. The topological polar surface area (TPSA) is 80.1 Å². The van der Waals surface area contributed by atoms with Gasteiger partial charge >= 0.3 is 0 Å². The van der Waals surface area contributed by atoms with Crippen LogP contribution in [0, 0.1) is 0 Å². The Morgan fingerprint density at radius 3 is 2.85 bits per heavy atom. The Hall–Kier alpha value is -3.26. The van der Waals surface area contributed by atoms with E-state index in [1.54, 1.807) is 12.5 Å². The van der Waals surface area contributed by atoms with E-state index in [1.807, 2.05) is 43.3 Å². The molecule has 7 nitrogen and oxygen atoms in total. The molecular formula is C19H15N5O2S. The first-order valence-corrected chi connectivity index (χ1v) is 9.24. The second-order valence-corrected chi connectivity index (χ2v) is 7.67. The van der Waals surface area contributed by atoms with Gasteiger partial charge in [-0.2, -0.15) is 0 Å². The summed E-state index contributed by atoms with van der Waals surface area (Å²) in [5, 5.41) is 3.70. The van der Waals surface area contributed by atoms with E-state index < -0.39 is 0 Å². The highest BCUT2D eigenvalue weighted by molar-refractivity contribution is 7.25. The van der Waals surface area contributed by atoms with Crippen LogP contribution in [0.1, 0.15) is 5.56 Å². The standard InChI is InChI=1S/C19H15N5O2S/c1-23(2)13-5-6-20-18-15(13)16-17(27-18)19(26)24(9-21-16)11-3-4-12-10(7-11)8-14(25)22-12/h3-7,9H,8H2,1-2H3,(H,22,25). The molecule has 4 heterocycles. The minimum atomic E-state index is -0.134. The zero-order chi connectivity index (χ0) is 18.7. The highest BCUT2D eigenvalue weighted by Crippen LogP contribution is 2.35. The maximum Gasteiger partial charge on any atom is 0.275 e. The van der Waals surface area contributed by atoms with Gasteiger partial charge in [-0.1, -0.05) is 0 Å². The minimum Gasteiger partial charge on any atom is -0.377 e. The van der Waals surface area contributed by atoms with Gasteiger partial charge in [0.25, 0.3) is 5.56 Å². The molecule has 0 unspecified atom stereocenters. The van der Waals surface area contributed by atoms with Crippen molar-refractivity contribution in [1.29, 1.82) is 0 Å². The maximum absolute atomic E-state index is 13.2. The van der Waals surface area contributed by atoms with Gasteiger partial charge in [-0.05, 0) is 29.8 Å². The molecular weight excluding hydrogens is 362 g/mol. The molecule has 1 aliphatic heterocycles. The third-order valence-electron chi connectivity index (χ3n) is 4.73. The molecule has 0 spiro atoms. The summed E-state index contributed by atoms with van der Waals surface area (Å²) in [7, 11) is 3.92. The summed E-state index contributed by atoms with van der Waals surface area (Å²) in [6.07, 6.45) is 3.62. The van der Waals surface area contributed by atoms with Gasteiger partial charge in [0, 0.05) is 26.0 Å². The predicted molar refractivity (Wildman–Crippen MR) is 107 cm³/mol. The van der Waals surface area contributed by atoms with Crippen LogP contribution in [-0.4, -0.2) is 34.5 Å². The van der Waals surface area contributed by atoms with Crippen molar-refractivity contribution in [2.45, 2.75) is 6.42 Å². The first-order valence-electron chi connectivity index (χ1n) is 8.42. The summed E-state index contributed by atoms with van der Waals surface area (Å²) < 4.78 is 2.10. The SMILES string of the molecule is CN(C)c1ccnc2sc3c(=O)n(-c4ccc5c(c4)CC(=O)N5)cnc3c12. The lowest BCUT2D eigenvalue weighted by Crippen LogP contribution is -2.18. The van der Waals surface area contributed by atoms with Crippen LogP contribution >= 0.6 is 11.3 Å². The Morgan fingerprint density at radius 2 is 2.04 bits per heavy atom. The van der Waals surface area contributed by atoms with Gasteiger partial charge in [-0.15, -0.1) is 11.3 Å². The molecule has 1 N–H and O–H groups in total. The Kier molecular flexibility index (Phi) is 3.32. The lowest BCUT2D eigenvalue weighted by Gasteiger charge is -2.13. The second-order valence-electron chi connectivity index (χ2n) is 6.67. The van der Waals surface area contributed by atoms with Crippen LogP contribution in [0.2, 0.25) is 0 Å². The van der Waals surface area contributed by atoms with Crippen molar-refractivity contribution < 1.29 is 4.79 Å². The van der Waals surface area contributed by atoms with E-state index in [2.05, 4.69) is 15.3 Å². The zero-order valence-corrected chi connectivity index (χ0v) is 15.5. The summed E-state index contributed by atoms with van der Waals surface area (Å²) >= 11 is 1.35. The third-order valence-corrected chi connectivity index (χ3v) is 5.81. The number of nitrogens with one attached hydrogen (secondary N) is 1. The number of hydrogen-bond acceptors (Lipinski definition) is 6. The van der Waals surface area contributed by atoms with Crippen molar-refractivity contribution in [3.8, 4) is 5.69 Å². The lowest BCUT2D eigenvalue weighted by molar-refractivity contribution is -0.115.